The van der Waals surface area contributed by atoms with Crippen LogP contribution in [0.1, 0.15) is 73.9 Å². The van der Waals surface area contributed by atoms with Crippen LogP contribution in [0.3, 0.4) is 0 Å². The minimum Gasteiger partial charge on any atom is -0.478 e. The predicted molar refractivity (Wildman–Crippen MR) is 132 cm³/mol. The van der Waals surface area contributed by atoms with Crippen LogP contribution < -0.4 is 5.32 Å². The molecule has 0 heterocycles. The topological polar surface area (TPSA) is 95.7 Å². The number of benzene rings is 2. The molecule has 0 aliphatic heterocycles. The average molecular weight is 454 g/mol. The molecule has 1 unspecified atom stereocenters. The Labute approximate surface area is 196 Å². The number of anilines is 2. The molecular weight excluding hydrogens is 418 g/mol. The summed E-state index contributed by atoms with van der Waals surface area (Å²) in [6.45, 7) is 6.76. The van der Waals surface area contributed by atoms with E-state index in [-0.39, 0.29) is 11.3 Å². The van der Waals surface area contributed by atoms with E-state index in [0.717, 1.165) is 37.7 Å². The summed E-state index contributed by atoms with van der Waals surface area (Å²) in [5.41, 5.74) is 3.36. The summed E-state index contributed by atoms with van der Waals surface area (Å²) in [5.74, 6) is -1.18. The van der Waals surface area contributed by atoms with Gasteiger partial charge in [-0.05, 0) is 74.2 Å². The molecule has 3 rings (SSSR count). The van der Waals surface area contributed by atoms with Crippen molar-refractivity contribution < 1.29 is 14.8 Å². The van der Waals surface area contributed by atoms with E-state index >= 15 is 0 Å². The highest BCUT2D eigenvalue weighted by molar-refractivity contribution is 5.90. The Morgan fingerprint density at radius 1 is 1.03 bits per heavy atom. The molecule has 0 spiro atoms. The van der Waals surface area contributed by atoms with Crippen LogP contribution in [-0.2, 0) is 12.8 Å². The molecule has 1 aliphatic rings. The maximum Gasteiger partial charge on any atom is 0.335 e. The number of carbonyl (C=O) groups is 1. The molecule has 0 radical (unpaired) electrons. The molecular formula is C26H35N3O4. The molecule has 0 bridgehead atoms. The van der Waals surface area contributed by atoms with Gasteiger partial charge in [0.15, 0.2) is 0 Å². The van der Waals surface area contributed by atoms with Gasteiger partial charge < -0.3 is 10.4 Å². The Morgan fingerprint density at radius 3 is 2.30 bits per heavy atom. The third-order valence-corrected chi connectivity index (χ3v) is 6.45. The molecule has 0 fully saturated rings. The van der Waals surface area contributed by atoms with E-state index in [1.165, 1.54) is 61.8 Å². The molecule has 2 aromatic rings. The molecule has 7 heteroatoms. The van der Waals surface area contributed by atoms with Crippen molar-refractivity contribution in [3.8, 4) is 0 Å². The van der Waals surface area contributed by atoms with Gasteiger partial charge in [-0.15, -0.1) is 0 Å². The molecule has 0 saturated carbocycles. The normalized spacial score (nSPS) is 14.9. The lowest BCUT2D eigenvalue weighted by molar-refractivity contribution is -0.383. The first-order valence-corrected chi connectivity index (χ1v) is 12.1. The number of hydrogen-bond donors (Lipinski definition) is 2. The maximum absolute atomic E-state index is 11.5. The molecule has 33 heavy (non-hydrogen) atoms. The minimum absolute atomic E-state index is 0.102. The molecule has 2 aromatic carbocycles. The Hall–Kier alpha value is -2.93. The Balaban J connectivity index is 1.73. The van der Waals surface area contributed by atoms with E-state index in [1.54, 1.807) is 0 Å². The lowest BCUT2D eigenvalue weighted by Crippen LogP contribution is -2.37. The van der Waals surface area contributed by atoms with Gasteiger partial charge in [-0.25, -0.2) is 4.79 Å². The first-order chi connectivity index (χ1) is 15.9. The summed E-state index contributed by atoms with van der Waals surface area (Å²) in [5, 5.41) is 23.7. The van der Waals surface area contributed by atoms with Gasteiger partial charge in [0.05, 0.1) is 10.5 Å². The summed E-state index contributed by atoms with van der Waals surface area (Å²) >= 11 is 0. The third-order valence-electron chi connectivity index (χ3n) is 6.45. The van der Waals surface area contributed by atoms with E-state index in [4.69, 9.17) is 5.11 Å². The molecule has 1 atom stereocenters. The van der Waals surface area contributed by atoms with Crippen LogP contribution in [-0.4, -0.2) is 40.0 Å². The van der Waals surface area contributed by atoms with E-state index in [9.17, 15) is 14.9 Å². The molecule has 0 saturated heterocycles. The van der Waals surface area contributed by atoms with Crippen molar-refractivity contribution in [3.05, 3.63) is 63.2 Å². The first kappa shape index (κ1) is 24.7. The highest BCUT2D eigenvalue weighted by Crippen LogP contribution is 2.33. The summed E-state index contributed by atoms with van der Waals surface area (Å²) < 4.78 is 0. The van der Waals surface area contributed by atoms with Crippen LogP contribution in [0.4, 0.5) is 17.1 Å². The lowest BCUT2D eigenvalue weighted by Gasteiger charge is -2.29. The van der Waals surface area contributed by atoms with Crippen molar-refractivity contribution in [1.82, 2.24) is 4.90 Å². The predicted octanol–water partition coefficient (Wildman–Crippen LogP) is 6.19. The Kier molecular flexibility index (Phi) is 8.83. The van der Waals surface area contributed by atoms with Crippen molar-refractivity contribution >= 4 is 23.0 Å². The monoisotopic (exact) mass is 453 g/mol. The molecule has 0 aromatic heterocycles. The zero-order valence-electron chi connectivity index (χ0n) is 19.7. The van der Waals surface area contributed by atoms with Crippen molar-refractivity contribution in [3.63, 3.8) is 0 Å². The zero-order valence-corrected chi connectivity index (χ0v) is 19.7. The van der Waals surface area contributed by atoms with Crippen LogP contribution in [0, 0.1) is 10.1 Å². The highest BCUT2D eigenvalue weighted by atomic mass is 16.6. The molecule has 178 valence electrons. The van der Waals surface area contributed by atoms with Crippen LogP contribution >= 0.6 is 0 Å². The lowest BCUT2D eigenvalue weighted by atomic mass is 10.1. The zero-order chi connectivity index (χ0) is 23.8. The standard InChI is InChI=1S/C26H35N3O4/c1-3-5-7-13-28(14-8-6-4-2)23-16-19-9-11-22(15-21(19)17-23)27-24-12-10-20(26(30)31)18-25(24)29(32)33/h9-12,15,18,23,27H,3-8,13-14,16-17H2,1-2H3,(H,30,31). The first-order valence-electron chi connectivity index (χ1n) is 12.1. The molecule has 2 N–H and O–H groups in total. The number of nitro benzene ring substituents is 1. The fourth-order valence-electron chi connectivity index (χ4n) is 4.61. The van der Waals surface area contributed by atoms with Crippen molar-refractivity contribution in [2.75, 3.05) is 18.4 Å². The van der Waals surface area contributed by atoms with E-state index in [1.807, 2.05) is 6.07 Å². The summed E-state index contributed by atoms with van der Waals surface area (Å²) in [6, 6.07) is 10.6. The van der Waals surface area contributed by atoms with Gasteiger partial charge in [0, 0.05) is 17.8 Å². The number of nitro groups is 1. The number of nitrogens with zero attached hydrogens (tertiary/aromatic N) is 2. The summed E-state index contributed by atoms with van der Waals surface area (Å²) in [6.07, 6.45) is 9.47. The van der Waals surface area contributed by atoms with Crippen molar-refractivity contribution in [2.24, 2.45) is 0 Å². The summed E-state index contributed by atoms with van der Waals surface area (Å²) in [4.78, 5) is 24.8. The van der Waals surface area contributed by atoms with Crippen molar-refractivity contribution in [1.29, 1.82) is 0 Å². The SMILES string of the molecule is CCCCCN(CCCCC)C1Cc2ccc(Nc3ccc(C(=O)O)cc3[N+](=O)[O-])cc2C1. The Bertz CT molecular complexity index is 966. The second kappa shape index (κ2) is 11.8. The van der Waals surface area contributed by atoms with Crippen LogP contribution in [0.15, 0.2) is 36.4 Å². The number of carboxylic acid groups (broad SMARTS) is 1. The number of fused-ring (bicyclic) bond motifs is 1. The third kappa shape index (κ3) is 6.54. The fraction of sp³-hybridized carbons (Fsp3) is 0.500. The number of rotatable bonds is 13. The number of carboxylic acids is 1. The quantitative estimate of drug-likeness (QED) is 0.213. The second-order valence-electron chi connectivity index (χ2n) is 8.91. The molecule has 7 nitrogen and oxygen atoms in total. The average Bonchev–Trinajstić information content (AvgIpc) is 3.21. The van der Waals surface area contributed by atoms with E-state index in [2.05, 4.69) is 36.2 Å². The van der Waals surface area contributed by atoms with Gasteiger partial charge in [-0.3, -0.25) is 15.0 Å². The van der Waals surface area contributed by atoms with Gasteiger partial charge >= 0.3 is 5.97 Å². The van der Waals surface area contributed by atoms with Gasteiger partial charge in [0.2, 0.25) is 0 Å². The van der Waals surface area contributed by atoms with E-state index in [0.29, 0.717) is 11.7 Å². The number of hydrogen-bond acceptors (Lipinski definition) is 5. The molecule has 0 amide bonds. The highest BCUT2D eigenvalue weighted by Gasteiger charge is 2.27. The fourth-order valence-corrected chi connectivity index (χ4v) is 4.61. The molecule has 1 aliphatic carbocycles. The number of unbranched alkanes of at least 4 members (excludes halogenated alkanes) is 4. The summed E-state index contributed by atoms with van der Waals surface area (Å²) in [7, 11) is 0. The van der Waals surface area contributed by atoms with Crippen molar-refractivity contribution in [2.45, 2.75) is 71.3 Å². The van der Waals surface area contributed by atoms with Gasteiger partial charge in [-0.1, -0.05) is 45.6 Å². The Morgan fingerprint density at radius 2 is 1.70 bits per heavy atom. The smallest absolute Gasteiger partial charge is 0.335 e. The van der Waals surface area contributed by atoms with Gasteiger partial charge in [-0.2, -0.15) is 0 Å². The van der Waals surface area contributed by atoms with Gasteiger partial charge in [0.25, 0.3) is 5.69 Å². The van der Waals surface area contributed by atoms with Crippen LogP contribution in [0.2, 0.25) is 0 Å². The minimum atomic E-state index is -1.18. The van der Waals surface area contributed by atoms with Crippen LogP contribution in [0.25, 0.3) is 0 Å². The number of nitrogens with one attached hydrogen (secondary N) is 1. The van der Waals surface area contributed by atoms with Crippen LogP contribution in [0.5, 0.6) is 0 Å². The number of aromatic carboxylic acids is 1. The van der Waals surface area contributed by atoms with E-state index < -0.39 is 10.9 Å². The second-order valence-corrected chi connectivity index (χ2v) is 8.91. The maximum atomic E-state index is 11.5. The largest absolute Gasteiger partial charge is 0.478 e. The van der Waals surface area contributed by atoms with Gasteiger partial charge in [0.1, 0.15) is 5.69 Å².